The molecule has 0 bridgehead atoms. The molecule has 0 unspecified atom stereocenters. The standard InChI is InChI=1S/C16H18N4O4/c21-13-1-2-17-16-15(13)18-8-11-7-12(9-20(11)16)24-10-14(22)19-3-5-23-6-4-19/h2,7-8,18H,1,3-6,9-10H2. The van der Waals surface area contributed by atoms with E-state index in [1.54, 1.807) is 17.3 Å². The molecule has 8 nitrogen and oxygen atoms in total. The molecular formula is C16H18N4O4. The smallest absolute Gasteiger partial charge is 0.260 e. The van der Waals surface area contributed by atoms with Crippen LogP contribution in [0.15, 0.2) is 40.2 Å². The lowest BCUT2D eigenvalue weighted by Gasteiger charge is -2.29. The predicted octanol–water partition coefficient (Wildman–Crippen LogP) is -0.281. The summed E-state index contributed by atoms with van der Waals surface area (Å²) >= 11 is 0. The lowest BCUT2D eigenvalue weighted by Crippen LogP contribution is -2.42. The Kier molecular flexibility index (Phi) is 3.81. The number of amides is 1. The van der Waals surface area contributed by atoms with E-state index in [9.17, 15) is 9.59 Å². The molecule has 0 radical (unpaired) electrons. The van der Waals surface area contributed by atoms with Gasteiger partial charge < -0.3 is 24.6 Å². The normalized spacial score (nSPS) is 22.6. The third kappa shape index (κ3) is 2.69. The highest BCUT2D eigenvalue weighted by Gasteiger charge is 2.32. The summed E-state index contributed by atoms with van der Waals surface area (Å²) in [6.07, 6.45) is 5.55. The van der Waals surface area contributed by atoms with Crippen molar-refractivity contribution in [3.63, 3.8) is 0 Å². The molecular weight excluding hydrogens is 312 g/mol. The first-order valence-electron chi connectivity index (χ1n) is 7.95. The minimum absolute atomic E-state index is 0.00842. The van der Waals surface area contributed by atoms with Crippen molar-refractivity contribution in [1.29, 1.82) is 0 Å². The number of nitrogens with one attached hydrogen (secondary N) is 1. The molecule has 0 aromatic carbocycles. The van der Waals surface area contributed by atoms with E-state index in [1.165, 1.54) is 0 Å². The molecule has 1 amide bonds. The van der Waals surface area contributed by atoms with Gasteiger partial charge in [-0.3, -0.25) is 9.59 Å². The minimum Gasteiger partial charge on any atom is -0.486 e. The highest BCUT2D eigenvalue weighted by Crippen LogP contribution is 2.31. The van der Waals surface area contributed by atoms with Crippen LogP contribution >= 0.6 is 0 Å². The van der Waals surface area contributed by atoms with Gasteiger partial charge in [-0.15, -0.1) is 0 Å². The summed E-state index contributed by atoms with van der Waals surface area (Å²) in [5.41, 5.74) is 1.38. The van der Waals surface area contributed by atoms with E-state index in [0.717, 1.165) is 5.70 Å². The van der Waals surface area contributed by atoms with Crippen LogP contribution in [0, 0.1) is 0 Å². The van der Waals surface area contributed by atoms with Crippen LogP contribution in [0.1, 0.15) is 6.42 Å². The summed E-state index contributed by atoms with van der Waals surface area (Å²) in [4.78, 5) is 32.0. The van der Waals surface area contributed by atoms with Crippen LogP contribution in [0.2, 0.25) is 0 Å². The fourth-order valence-corrected chi connectivity index (χ4v) is 3.00. The van der Waals surface area contributed by atoms with E-state index in [2.05, 4.69) is 10.3 Å². The van der Waals surface area contributed by atoms with Gasteiger partial charge >= 0.3 is 0 Å². The SMILES string of the molecule is O=C1CC=NC2=C1NC=C1C=C(OCC(=O)N3CCOCC3)CN12. The Bertz CT molecular complexity index is 701. The van der Waals surface area contributed by atoms with Crippen molar-refractivity contribution in [2.45, 2.75) is 6.42 Å². The largest absolute Gasteiger partial charge is 0.486 e. The van der Waals surface area contributed by atoms with Crippen molar-refractivity contribution in [2.75, 3.05) is 39.5 Å². The number of Topliss-reactive ketones (excluding diaryl/α,β-unsaturated/α-hetero) is 1. The average Bonchev–Trinajstić information content (AvgIpc) is 3.04. The van der Waals surface area contributed by atoms with E-state index in [-0.39, 0.29) is 18.3 Å². The lowest BCUT2D eigenvalue weighted by molar-refractivity contribution is -0.138. The van der Waals surface area contributed by atoms with Crippen molar-refractivity contribution >= 4 is 17.9 Å². The molecule has 0 atom stereocenters. The Morgan fingerprint density at radius 1 is 1.38 bits per heavy atom. The third-order valence-corrected chi connectivity index (χ3v) is 4.29. The Morgan fingerprint density at radius 2 is 2.21 bits per heavy atom. The number of allylic oxidation sites excluding steroid dienone is 2. The third-order valence-electron chi connectivity index (χ3n) is 4.29. The van der Waals surface area contributed by atoms with Crippen LogP contribution in [0.4, 0.5) is 0 Å². The molecule has 4 aliphatic heterocycles. The van der Waals surface area contributed by atoms with Gasteiger partial charge in [-0.25, -0.2) is 4.99 Å². The van der Waals surface area contributed by atoms with Gasteiger partial charge in [-0.05, 0) is 0 Å². The number of nitrogens with zero attached hydrogens (tertiary/aromatic N) is 3. The highest BCUT2D eigenvalue weighted by atomic mass is 16.5. The first-order chi connectivity index (χ1) is 11.7. The van der Waals surface area contributed by atoms with E-state index >= 15 is 0 Å². The molecule has 8 heteroatoms. The maximum absolute atomic E-state index is 12.1. The topological polar surface area (TPSA) is 83.5 Å². The molecule has 0 spiro atoms. The van der Waals surface area contributed by atoms with Crippen LogP contribution in [0.3, 0.4) is 0 Å². The minimum atomic E-state index is -0.0399. The summed E-state index contributed by atoms with van der Waals surface area (Å²) in [6, 6.07) is 0. The number of carbonyl (C=O) groups is 2. The Balaban J connectivity index is 1.38. The Morgan fingerprint density at radius 3 is 3.04 bits per heavy atom. The Labute approximate surface area is 139 Å². The Hall–Kier alpha value is -2.61. The molecule has 4 aliphatic rings. The zero-order chi connectivity index (χ0) is 16.5. The molecule has 0 aromatic heterocycles. The zero-order valence-electron chi connectivity index (χ0n) is 13.2. The second-order valence-corrected chi connectivity index (χ2v) is 5.83. The van der Waals surface area contributed by atoms with Gasteiger partial charge in [0.15, 0.2) is 18.2 Å². The molecule has 126 valence electrons. The number of ketones is 1. The average molecular weight is 330 g/mol. The second kappa shape index (κ2) is 6.12. The van der Waals surface area contributed by atoms with E-state index < -0.39 is 0 Å². The molecule has 1 fully saturated rings. The number of aliphatic imine (C=N–C) groups is 1. The van der Waals surface area contributed by atoms with Crippen molar-refractivity contribution in [1.82, 2.24) is 15.1 Å². The highest BCUT2D eigenvalue weighted by molar-refractivity contribution is 6.05. The van der Waals surface area contributed by atoms with Crippen molar-refractivity contribution < 1.29 is 19.1 Å². The van der Waals surface area contributed by atoms with E-state index in [1.807, 2.05) is 11.0 Å². The molecule has 4 heterocycles. The van der Waals surface area contributed by atoms with Crippen LogP contribution in [0.5, 0.6) is 0 Å². The van der Waals surface area contributed by atoms with Crippen molar-refractivity contribution in [2.24, 2.45) is 4.99 Å². The summed E-state index contributed by atoms with van der Waals surface area (Å²) < 4.78 is 10.9. The number of ether oxygens (including phenoxy) is 2. The van der Waals surface area contributed by atoms with Gasteiger partial charge in [0.25, 0.3) is 5.91 Å². The number of carbonyl (C=O) groups excluding carboxylic acids is 2. The molecule has 1 N–H and O–H groups in total. The van der Waals surface area contributed by atoms with Gasteiger partial charge in [0.1, 0.15) is 11.5 Å². The second-order valence-electron chi connectivity index (χ2n) is 5.83. The quantitative estimate of drug-likeness (QED) is 0.766. The molecule has 0 aromatic rings. The molecule has 24 heavy (non-hydrogen) atoms. The first kappa shape index (κ1) is 14.9. The first-order valence-corrected chi connectivity index (χ1v) is 7.95. The van der Waals surface area contributed by atoms with E-state index in [4.69, 9.17) is 9.47 Å². The summed E-state index contributed by atoms with van der Waals surface area (Å²) in [7, 11) is 0. The fraction of sp³-hybridized carbons (Fsp3) is 0.438. The molecule has 4 rings (SSSR count). The number of fused-ring (bicyclic) bond motifs is 2. The number of hydrogen-bond acceptors (Lipinski definition) is 7. The fourth-order valence-electron chi connectivity index (χ4n) is 3.00. The van der Waals surface area contributed by atoms with E-state index in [0.29, 0.717) is 56.5 Å². The zero-order valence-corrected chi connectivity index (χ0v) is 13.2. The summed E-state index contributed by atoms with van der Waals surface area (Å²) in [5, 5.41) is 3.00. The van der Waals surface area contributed by atoms with Gasteiger partial charge in [0, 0.05) is 38.0 Å². The van der Waals surface area contributed by atoms with Crippen LogP contribution < -0.4 is 5.32 Å². The van der Waals surface area contributed by atoms with Crippen molar-refractivity contribution in [3.8, 4) is 0 Å². The maximum Gasteiger partial charge on any atom is 0.260 e. The summed E-state index contributed by atoms with van der Waals surface area (Å²) in [5.74, 6) is 1.28. The summed E-state index contributed by atoms with van der Waals surface area (Å²) in [6.45, 7) is 2.83. The van der Waals surface area contributed by atoms with Crippen LogP contribution in [-0.2, 0) is 19.1 Å². The number of morpholine rings is 1. The molecule has 0 aliphatic carbocycles. The molecule has 1 saturated heterocycles. The van der Waals surface area contributed by atoms with Crippen LogP contribution in [0.25, 0.3) is 0 Å². The molecule has 0 saturated carbocycles. The predicted molar refractivity (Wildman–Crippen MR) is 84.5 cm³/mol. The van der Waals surface area contributed by atoms with Gasteiger partial charge in [-0.2, -0.15) is 0 Å². The number of hydrogen-bond donors (Lipinski definition) is 1. The van der Waals surface area contributed by atoms with Crippen molar-refractivity contribution in [3.05, 3.63) is 35.3 Å². The maximum atomic E-state index is 12.1. The monoisotopic (exact) mass is 330 g/mol. The van der Waals surface area contributed by atoms with Gasteiger partial charge in [0.2, 0.25) is 0 Å². The van der Waals surface area contributed by atoms with Crippen LogP contribution in [-0.4, -0.2) is 67.2 Å². The van der Waals surface area contributed by atoms with Gasteiger partial charge in [-0.1, -0.05) is 0 Å². The number of rotatable bonds is 3. The van der Waals surface area contributed by atoms with Gasteiger partial charge in [0.05, 0.1) is 25.5 Å². The lowest BCUT2D eigenvalue weighted by atomic mass is 10.1.